The van der Waals surface area contributed by atoms with Crippen LogP contribution in [0.2, 0.25) is 0 Å². The van der Waals surface area contributed by atoms with Gasteiger partial charge in [-0.2, -0.15) is 0 Å². The van der Waals surface area contributed by atoms with Gasteiger partial charge in [0.1, 0.15) is 12.1 Å². The van der Waals surface area contributed by atoms with Crippen LogP contribution in [0.1, 0.15) is 35.7 Å². The molecule has 0 saturated carbocycles. The third-order valence-corrected chi connectivity index (χ3v) is 4.10. The molecule has 1 aromatic heterocycles. The molecule has 1 unspecified atom stereocenters. The zero-order valence-electron chi connectivity index (χ0n) is 11.3. The number of hydrogen-bond donors (Lipinski definition) is 1. The van der Waals surface area contributed by atoms with Crippen molar-refractivity contribution in [2.75, 3.05) is 11.2 Å². The minimum absolute atomic E-state index is 0.0822. The van der Waals surface area contributed by atoms with Gasteiger partial charge < -0.3 is 5.32 Å². The van der Waals surface area contributed by atoms with E-state index in [4.69, 9.17) is 11.6 Å². The Morgan fingerprint density at radius 3 is 2.70 bits per heavy atom. The van der Waals surface area contributed by atoms with Crippen molar-refractivity contribution in [2.24, 2.45) is 0 Å². The van der Waals surface area contributed by atoms with E-state index in [0.717, 1.165) is 18.7 Å². The molecule has 20 heavy (non-hydrogen) atoms. The average molecular weight is 288 g/mol. The van der Waals surface area contributed by atoms with E-state index in [1.807, 2.05) is 18.2 Å². The number of aryl methyl sites for hydroxylation is 1. The Labute approximate surface area is 124 Å². The number of nitrogens with one attached hydrogen (secondary N) is 1. The standard InChI is InChI=1S/C16H18ClN3/c17-10-15(12-6-2-1-3-7-12)20-16-13-8-4-5-9-14(13)18-11-19-16/h1-3,6-7,11,15H,4-5,8-10H2,(H,18,19,20). The van der Waals surface area contributed by atoms with Gasteiger partial charge in [0, 0.05) is 17.1 Å². The van der Waals surface area contributed by atoms with Gasteiger partial charge in [0.05, 0.1) is 6.04 Å². The maximum atomic E-state index is 6.13. The zero-order valence-corrected chi connectivity index (χ0v) is 12.1. The van der Waals surface area contributed by atoms with E-state index in [-0.39, 0.29) is 6.04 Å². The highest BCUT2D eigenvalue weighted by Gasteiger charge is 2.18. The summed E-state index contributed by atoms with van der Waals surface area (Å²) < 4.78 is 0. The fourth-order valence-corrected chi connectivity index (χ4v) is 2.96. The van der Waals surface area contributed by atoms with Crippen LogP contribution in [0.25, 0.3) is 0 Å². The normalized spacial score (nSPS) is 15.4. The van der Waals surface area contributed by atoms with Crippen molar-refractivity contribution in [3.05, 3.63) is 53.5 Å². The number of halogens is 1. The number of benzene rings is 1. The number of anilines is 1. The highest BCUT2D eigenvalue weighted by Crippen LogP contribution is 2.27. The van der Waals surface area contributed by atoms with E-state index in [0.29, 0.717) is 5.88 Å². The van der Waals surface area contributed by atoms with Gasteiger partial charge in [-0.15, -0.1) is 11.6 Å². The van der Waals surface area contributed by atoms with Gasteiger partial charge in [-0.05, 0) is 31.2 Å². The molecule has 1 aliphatic carbocycles. The SMILES string of the molecule is ClCC(Nc1ncnc2c1CCCC2)c1ccccc1. The van der Waals surface area contributed by atoms with Gasteiger partial charge in [-0.3, -0.25) is 0 Å². The lowest BCUT2D eigenvalue weighted by molar-refractivity contribution is 0.661. The van der Waals surface area contributed by atoms with Crippen LogP contribution in [0.5, 0.6) is 0 Å². The number of fused-ring (bicyclic) bond motifs is 1. The first-order chi connectivity index (χ1) is 9.88. The van der Waals surface area contributed by atoms with E-state index < -0.39 is 0 Å². The molecule has 1 N–H and O–H groups in total. The molecule has 1 aromatic carbocycles. The van der Waals surface area contributed by atoms with Gasteiger partial charge in [-0.1, -0.05) is 30.3 Å². The summed E-state index contributed by atoms with van der Waals surface area (Å²) in [5, 5.41) is 3.49. The molecule has 0 spiro atoms. The van der Waals surface area contributed by atoms with Crippen LogP contribution in [0.4, 0.5) is 5.82 Å². The van der Waals surface area contributed by atoms with Crippen LogP contribution >= 0.6 is 11.6 Å². The quantitative estimate of drug-likeness (QED) is 0.871. The monoisotopic (exact) mass is 287 g/mol. The predicted molar refractivity (Wildman–Crippen MR) is 82.2 cm³/mol. The first-order valence-electron chi connectivity index (χ1n) is 7.08. The Hall–Kier alpha value is -1.61. The largest absolute Gasteiger partial charge is 0.362 e. The van der Waals surface area contributed by atoms with Gasteiger partial charge in [-0.25, -0.2) is 9.97 Å². The molecule has 0 fully saturated rings. The molecule has 1 heterocycles. The second kappa shape index (κ2) is 6.23. The van der Waals surface area contributed by atoms with E-state index in [9.17, 15) is 0 Å². The fraction of sp³-hybridized carbons (Fsp3) is 0.375. The van der Waals surface area contributed by atoms with Crippen molar-refractivity contribution in [2.45, 2.75) is 31.7 Å². The maximum absolute atomic E-state index is 6.13. The Kier molecular flexibility index (Phi) is 4.16. The van der Waals surface area contributed by atoms with Crippen LogP contribution in [-0.4, -0.2) is 15.8 Å². The minimum atomic E-state index is 0.0822. The Morgan fingerprint density at radius 2 is 1.90 bits per heavy atom. The molecule has 2 aromatic rings. The first-order valence-corrected chi connectivity index (χ1v) is 7.62. The van der Waals surface area contributed by atoms with Gasteiger partial charge in [0.2, 0.25) is 0 Å². The number of rotatable bonds is 4. The predicted octanol–water partition coefficient (Wildman–Crippen LogP) is 3.75. The van der Waals surface area contributed by atoms with Crippen molar-refractivity contribution >= 4 is 17.4 Å². The van der Waals surface area contributed by atoms with Crippen LogP contribution in [0.3, 0.4) is 0 Å². The second-order valence-corrected chi connectivity index (χ2v) is 5.43. The van der Waals surface area contributed by atoms with Gasteiger partial charge >= 0.3 is 0 Å². The smallest absolute Gasteiger partial charge is 0.133 e. The third kappa shape index (κ3) is 2.78. The summed E-state index contributed by atoms with van der Waals surface area (Å²) in [4.78, 5) is 8.83. The van der Waals surface area contributed by atoms with Crippen LogP contribution < -0.4 is 5.32 Å². The Bertz CT molecular complexity index is 571. The van der Waals surface area contributed by atoms with Crippen LogP contribution in [0, 0.1) is 0 Å². The molecule has 0 aliphatic heterocycles. The highest BCUT2D eigenvalue weighted by molar-refractivity contribution is 6.18. The minimum Gasteiger partial charge on any atom is -0.362 e. The summed E-state index contributed by atoms with van der Waals surface area (Å²) in [6.07, 6.45) is 6.21. The summed E-state index contributed by atoms with van der Waals surface area (Å²) in [5.41, 5.74) is 3.64. The highest BCUT2D eigenvalue weighted by atomic mass is 35.5. The Morgan fingerprint density at radius 1 is 1.10 bits per heavy atom. The van der Waals surface area contributed by atoms with Crippen LogP contribution in [0.15, 0.2) is 36.7 Å². The molecular formula is C16H18ClN3. The molecule has 3 rings (SSSR count). The Balaban J connectivity index is 1.87. The molecule has 1 aliphatic rings. The fourth-order valence-electron chi connectivity index (χ4n) is 2.71. The molecule has 1 atom stereocenters. The van der Waals surface area contributed by atoms with Crippen molar-refractivity contribution in [3.8, 4) is 0 Å². The molecule has 0 saturated heterocycles. The number of aromatic nitrogens is 2. The van der Waals surface area contributed by atoms with Crippen molar-refractivity contribution in [1.29, 1.82) is 0 Å². The van der Waals surface area contributed by atoms with E-state index in [1.54, 1.807) is 6.33 Å². The number of hydrogen-bond acceptors (Lipinski definition) is 3. The van der Waals surface area contributed by atoms with E-state index in [2.05, 4.69) is 27.4 Å². The average Bonchev–Trinajstić information content (AvgIpc) is 2.53. The molecule has 4 heteroatoms. The topological polar surface area (TPSA) is 37.8 Å². The summed E-state index contributed by atoms with van der Waals surface area (Å²) >= 11 is 6.13. The number of nitrogens with zero attached hydrogens (tertiary/aromatic N) is 2. The lowest BCUT2D eigenvalue weighted by Crippen LogP contribution is -2.17. The van der Waals surface area contributed by atoms with E-state index >= 15 is 0 Å². The van der Waals surface area contributed by atoms with Crippen molar-refractivity contribution < 1.29 is 0 Å². The van der Waals surface area contributed by atoms with Crippen LogP contribution in [-0.2, 0) is 12.8 Å². The summed E-state index contributed by atoms with van der Waals surface area (Å²) in [6.45, 7) is 0. The second-order valence-electron chi connectivity index (χ2n) is 5.12. The molecule has 0 amide bonds. The molecule has 0 radical (unpaired) electrons. The maximum Gasteiger partial charge on any atom is 0.133 e. The van der Waals surface area contributed by atoms with E-state index in [1.165, 1.54) is 29.7 Å². The first kappa shape index (κ1) is 13.4. The molecule has 0 bridgehead atoms. The molecule has 104 valence electrons. The molecular weight excluding hydrogens is 270 g/mol. The van der Waals surface area contributed by atoms with Gasteiger partial charge in [0.25, 0.3) is 0 Å². The van der Waals surface area contributed by atoms with Gasteiger partial charge in [0.15, 0.2) is 0 Å². The summed E-state index contributed by atoms with van der Waals surface area (Å²) in [7, 11) is 0. The third-order valence-electron chi connectivity index (χ3n) is 3.79. The summed E-state index contributed by atoms with van der Waals surface area (Å²) in [6, 6.07) is 10.3. The summed E-state index contributed by atoms with van der Waals surface area (Å²) in [5.74, 6) is 1.46. The number of alkyl halides is 1. The lowest BCUT2D eigenvalue weighted by Gasteiger charge is -2.22. The zero-order chi connectivity index (χ0) is 13.8. The molecule has 3 nitrogen and oxygen atoms in total. The van der Waals surface area contributed by atoms with Crippen molar-refractivity contribution in [1.82, 2.24) is 9.97 Å². The van der Waals surface area contributed by atoms with Crippen molar-refractivity contribution in [3.63, 3.8) is 0 Å². The lowest BCUT2D eigenvalue weighted by atomic mass is 9.96.